The molecule has 0 saturated heterocycles. The molecule has 134 valence electrons. The van der Waals surface area contributed by atoms with E-state index in [1.165, 1.54) is 5.56 Å². The Balaban J connectivity index is 1.63. The summed E-state index contributed by atoms with van der Waals surface area (Å²) >= 11 is 0. The zero-order chi connectivity index (χ0) is 18.5. The Morgan fingerprint density at radius 3 is 2.62 bits per heavy atom. The summed E-state index contributed by atoms with van der Waals surface area (Å²) in [6.07, 6.45) is 0.264. The zero-order valence-corrected chi connectivity index (χ0v) is 15.0. The molecular formula is C20H21N3O3. The Kier molecular flexibility index (Phi) is 5.31. The number of hydrogen-bond donors (Lipinski definition) is 1. The van der Waals surface area contributed by atoms with Crippen molar-refractivity contribution in [3.63, 3.8) is 0 Å². The minimum atomic E-state index is -0.692. The van der Waals surface area contributed by atoms with Gasteiger partial charge in [0.1, 0.15) is 5.75 Å². The van der Waals surface area contributed by atoms with Gasteiger partial charge in [0.15, 0.2) is 6.10 Å². The summed E-state index contributed by atoms with van der Waals surface area (Å²) in [5.74, 6) is 0.771. The van der Waals surface area contributed by atoms with Crippen LogP contribution in [0.15, 0.2) is 53.1 Å². The van der Waals surface area contributed by atoms with E-state index in [1.54, 1.807) is 6.92 Å². The van der Waals surface area contributed by atoms with E-state index in [-0.39, 0.29) is 11.9 Å². The SMILES string of the molecule is CCc1ccc(O[C@H](C)C(=O)Nc2noc(-c3ccccc3C)n2)cc1. The molecule has 0 radical (unpaired) electrons. The van der Waals surface area contributed by atoms with Crippen molar-refractivity contribution in [3.05, 3.63) is 59.7 Å². The number of anilines is 1. The number of ether oxygens (including phenoxy) is 1. The van der Waals surface area contributed by atoms with Crippen LogP contribution < -0.4 is 10.1 Å². The van der Waals surface area contributed by atoms with Crippen LogP contribution in [0.5, 0.6) is 5.75 Å². The largest absolute Gasteiger partial charge is 0.481 e. The molecule has 0 aliphatic carbocycles. The monoisotopic (exact) mass is 351 g/mol. The van der Waals surface area contributed by atoms with Crippen LogP contribution in [0.1, 0.15) is 25.0 Å². The summed E-state index contributed by atoms with van der Waals surface area (Å²) in [6.45, 7) is 5.71. The van der Waals surface area contributed by atoms with Crippen LogP contribution in [-0.2, 0) is 11.2 Å². The van der Waals surface area contributed by atoms with E-state index < -0.39 is 6.10 Å². The predicted octanol–water partition coefficient (Wildman–Crippen LogP) is 4.01. The van der Waals surface area contributed by atoms with Crippen LogP contribution in [0.25, 0.3) is 11.5 Å². The van der Waals surface area contributed by atoms with Gasteiger partial charge >= 0.3 is 0 Å². The van der Waals surface area contributed by atoms with Crippen molar-refractivity contribution in [1.29, 1.82) is 0 Å². The Bertz CT molecular complexity index is 887. The average Bonchev–Trinajstić information content (AvgIpc) is 3.11. The minimum Gasteiger partial charge on any atom is -0.481 e. The summed E-state index contributed by atoms with van der Waals surface area (Å²) in [5.41, 5.74) is 3.06. The molecule has 0 aliphatic heterocycles. The van der Waals surface area contributed by atoms with Gasteiger partial charge < -0.3 is 9.26 Å². The van der Waals surface area contributed by atoms with Gasteiger partial charge in [0.2, 0.25) is 0 Å². The molecule has 6 nitrogen and oxygen atoms in total. The molecular weight excluding hydrogens is 330 g/mol. The average molecular weight is 351 g/mol. The number of rotatable bonds is 6. The van der Waals surface area contributed by atoms with E-state index in [2.05, 4.69) is 22.4 Å². The second-order valence-corrected chi connectivity index (χ2v) is 5.98. The number of carbonyl (C=O) groups is 1. The van der Waals surface area contributed by atoms with Crippen molar-refractivity contribution in [2.75, 3.05) is 5.32 Å². The third-order valence-corrected chi connectivity index (χ3v) is 4.05. The first-order chi connectivity index (χ1) is 12.6. The highest BCUT2D eigenvalue weighted by Crippen LogP contribution is 2.22. The molecule has 0 saturated carbocycles. The van der Waals surface area contributed by atoms with Crippen LogP contribution in [0.4, 0.5) is 5.95 Å². The summed E-state index contributed by atoms with van der Waals surface area (Å²) in [4.78, 5) is 16.5. The second kappa shape index (κ2) is 7.82. The quantitative estimate of drug-likeness (QED) is 0.726. The van der Waals surface area contributed by atoms with Crippen LogP contribution in [0.2, 0.25) is 0 Å². The Labute approximate surface area is 152 Å². The molecule has 0 aliphatic rings. The van der Waals surface area contributed by atoms with Crippen LogP contribution in [0, 0.1) is 6.92 Å². The lowest BCUT2D eigenvalue weighted by molar-refractivity contribution is -0.122. The van der Waals surface area contributed by atoms with Crippen molar-refractivity contribution in [3.8, 4) is 17.2 Å². The Hall–Kier alpha value is -3.15. The topological polar surface area (TPSA) is 77.2 Å². The lowest BCUT2D eigenvalue weighted by Gasteiger charge is -2.13. The summed E-state index contributed by atoms with van der Waals surface area (Å²) in [5, 5.41) is 6.43. The molecule has 0 fully saturated rings. The highest BCUT2D eigenvalue weighted by Gasteiger charge is 2.18. The molecule has 26 heavy (non-hydrogen) atoms. The van der Waals surface area contributed by atoms with Crippen molar-refractivity contribution in [1.82, 2.24) is 10.1 Å². The number of amides is 1. The molecule has 0 bridgehead atoms. The van der Waals surface area contributed by atoms with Gasteiger partial charge in [-0.05, 0) is 54.8 Å². The molecule has 3 aromatic rings. The van der Waals surface area contributed by atoms with Crippen molar-refractivity contribution in [2.24, 2.45) is 0 Å². The van der Waals surface area contributed by atoms with Gasteiger partial charge in [0.25, 0.3) is 17.7 Å². The van der Waals surface area contributed by atoms with Gasteiger partial charge in [-0.2, -0.15) is 4.98 Å². The Morgan fingerprint density at radius 2 is 1.92 bits per heavy atom. The first-order valence-electron chi connectivity index (χ1n) is 8.53. The maximum absolute atomic E-state index is 12.3. The summed E-state index contributed by atoms with van der Waals surface area (Å²) < 4.78 is 10.9. The molecule has 1 amide bonds. The van der Waals surface area contributed by atoms with E-state index in [9.17, 15) is 4.79 Å². The number of nitrogens with zero attached hydrogens (tertiary/aromatic N) is 2. The maximum Gasteiger partial charge on any atom is 0.270 e. The molecule has 0 unspecified atom stereocenters. The van der Waals surface area contributed by atoms with E-state index in [0.717, 1.165) is 17.5 Å². The highest BCUT2D eigenvalue weighted by molar-refractivity contribution is 5.92. The number of carbonyl (C=O) groups excluding carboxylic acids is 1. The normalized spacial score (nSPS) is 11.8. The maximum atomic E-state index is 12.3. The third kappa shape index (κ3) is 4.08. The third-order valence-electron chi connectivity index (χ3n) is 4.05. The second-order valence-electron chi connectivity index (χ2n) is 5.98. The van der Waals surface area contributed by atoms with Crippen molar-refractivity contribution < 1.29 is 14.1 Å². The van der Waals surface area contributed by atoms with E-state index in [4.69, 9.17) is 9.26 Å². The Morgan fingerprint density at radius 1 is 1.19 bits per heavy atom. The number of benzene rings is 2. The van der Waals surface area contributed by atoms with Gasteiger partial charge in [0, 0.05) is 5.56 Å². The fraction of sp³-hybridized carbons (Fsp3) is 0.250. The molecule has 2 aromatic carbocycles. The lowest BCUT2D eigenvalue weighted by Crippen LogP contribution is -2.30. The van der Waals surface area contributed by atoms with Crippen molar-refractivity contribution >= 4 is 11.9 Å². The summed E-state index contributed by atoms with van der Waals surface area (Å²) in [6, 6.07) is 15.3. The van der Waals surface area contributed by atoms with Crippen LogP contribution in [-0.4, -0.2) is 22.2 Å². The standard InChI is InChI=1S/C20H21N3O3/c1-4-15-9-11-16(12-10-15)25-14(3)18(24)21-20-22-19(26-23-20)17-8-6-5-7-13(17)2/h5-12,14H,4H2,1-3H3,(H,21,23,24)/t14-/m1/s1. The first kappa shape index (κ1) is 17.7. The lowest BCUT2D eigenvalue weighted by atomic mass is 10.1. The molecule has 3 rings (SSSR count). The van der Waals surface area contributed by atoms with Gasteiger partial charge in [-0.15, -0.1) is 0 Å². The van der Waals surface area contributed by atoms with Crippen LogP contribution in [0.3, 0.4) is 0 Å². The van der Waals surface area contributed by atoms with E-state index in [0.29, 0.717) is 11.6 Å². The molecule has 1 heterocycles. The van der Waals surface area contributed by atoms with Gasteiger partial charge in [-0.25, -0.2) is 0 Å². The molecule has 6 heteroatoms. The minimum absolute atomic E-state index is 0.116. The number of aryl methyl sites for hydroxylation is 2. The number of hydrogen-bond acceptors (Lipinski definition) is 5. The zero-order valence-electron chi connectivity index (χ0n) is 15.0. The van der Waals surface area contributed by atoms with E-state index in [1.807, 2.05) is 55.5 Å². The molecule has 1 N–H and O–H groups in total. The summed E-state index contributed by atoms with van der Waals surface area (Å²) in [7, 11) is 0. The van der Waals surface area contributed by atoms with Crippen LogP contribution >= 0.6 is 0 Å². The first-order valence-corrected chi connectivity index (χ1v) is 8.53. The predicted molar refractivity (Wildman–Crippen MR) is 99.0 cm³/mol. The molecule has 1 atom stereocenters. The highest BCUT2D eigenvalue weighted by atomic mass is 16.5. The smallest absolute Gasteiger partial charge is 0.270 e. The number of aromatic nitrogens is 2. The fourth-order valence-electron chi connectivity index (χ4n) is 2.47. The molecule has 0 spiro atoms. The molecule has 1 aromatic heterocycles. The number of nitrogens with one attached hydrogen (secondary N) is 1. The van der Waals surface area contributed by atoms with Crippen molar-refractivity contribution in [2.45, 2.75) is 33.3 Å². The van der Waals surface area contributed by atoms with Gasteiger partial charge in [-0.3, -0.25) is 10.1 Å². The fourth-order valence-corrected chi connectivity index (χ4v) is 2.47. The van der Waals surface area contributed by atoms with Gasteiger partial charge in [0.05, 0.1) is 0 Å². The van der Waals surface area contributed by atoms with Gasteiger partial charge in [-0.1, -0.05) is 37.3 Å². The van der Waals surface area contributed by atoms with E-state index >= 15 is 0 Å².